The third-order valence-corrected chi connectivity index (χ3v) is 6.46. The van der Waals surface area contributed by atoms with E-state index in [0.717, 1.165) is 43.7 Å². The highest BCUT2D eigenvalue weighted by atomic mass is 16.6. The van der Waals surface area contributed by atoms with Crippen molar-refractivity contribution in [3.05, 3.63) is 44.9 Å². The van der Waals surface area contributed by atoms with Crippen molar-refractivity contribution in [2.45, 2.75) is 31.8 Å². The molecule has 0 radical (unpaired) electrons. The number of anilines is 3. The molecule has 0 saturated carbocycles. The molecule has 3 N–H and O–H groups in total. The van der Waals surface area contributed by atoms with Crippen molar-refractivity contribution in [3.8, 4) is 0 Å². The first-order valence-corrected chi connectivity index (χ1v) is 11.3. The number of ether oxygens (including phenoxy) is 1. The zero-order valence-corrected chi connectivity index (χ0v) is 19.3. The van der Waals surface area contributed by atoms with Gasteiger partial charge in [-0.05, 0) is 31.9 Å². The fraction of sp³-hybridized carbons (Fsp3) is 0.524. The van der Waals surface area contributed by atoms with Crippen LogP contribution in [0.2, 0.25) is 0 Å². The Balaban J connectivity index is 1.56. The number of nitro groups is 1. The first-order chi connectivity index (χ1) is 16.2. The number of nitro benzene ring substituents is 1. The lowest BCUT2D eigenvalue weighted by atomic mass is 9.87. The Bertz CT molecular complexity index is 1110. The van der Waals surface area contributed by atoms with Crippen LogP contribution in [0.25, 0.3) is 0 Å². The maximum Gasteiger partial charge on any atom is 0.509 e. The molecule has 4 rings (SSSR count). The topological polar surface area (TPSA) is 146 Å². The first kappa shape index (κ1) is 24.1. The third-order valence-electron chi connectivity index (χ3n) is 6.46. The van der Waals surface area contributed by atoms with Crippen molar-refractivity contribution in [3.63, 3.8) is 0 Å². The van der Waals surface area contributed by atoms with Gasteiger partial charge in [-0.2, -0.15) is 0 Å². The molecule has 0 spiro atoms. The predicted octanol–water partition coefficient (Wildman–Crippen LogP) is -0.199. The van der Waals surface area contributed by atoms with Gasteiger partial charge in [0, 0.05) is 69.9 Å². The molecule has 34 heavy (non-hydrogen) atoms. The first-order valence-electron chi connectivity index (χ1n) is 11.3. The smallest absolute Gasteiger partial charge is 0.422 e. The normalized spacial score (nSPS) is 19.8. The standard InChI is InChI=1S/C21H29BN6O6/c1-14-12-26(16-5-9-34-10-6-16)7-8-27(14)17-4-3-15(11-18(17)28(32)33)23-20-21(29)25(2)13-19(24-20)22(30)31/h3-4,11,13-14,16,30-31H,5-10,12H2,1-2H3,(H,23,24)/t14-/m0/s1. The molecule has 12 nitrogen and oxygen atoms in total. The van der Waals surface area contributed by atoms with Crippen molar-refractivity contribution in [1.82, 2.24) is 14.5 Å². The molecule has 2 fully saturated rings. The van der Waals surface area contributed by atoms with E-state index in [1.165, 1.54) is 19.3 Å². The van der Waals surface area contributed by atoms with Gasteiger partial charge in [-0.1, -0.05) is 0 Å². The second-order valence-electron chi connectivity index (χ2n) is 8.77. The van der Waals surface area contributed by atoms with E-state index >= 15 is 0 Å². The van der Waals surface area contributed by atoms with Crippen LogP contribution in [0.1, 0.15) is 19.8 Å². The fourth-order valence-corrected chi connectivity index (χ4v) is 4.69. The molecule has 3 heterocycles. The van der Waals surface area contributed by atoms with Gasteiger partial charge in [0.2, 0.25) is 0 Å². The van der Waals surface area contributed by atoms with E-state index in [2.05, 4.69) is 27.0 Å². The average Bonchev–Trinajstić information content (AvgIpc) is 2.82. The quantitative estimate of drug-likeness (QED) is 0.294. The largest absolute Gasteiger partial charge is 0.509 e. The minimum atomic E-state index is -1.86. The molecule has 2 aromatic rings. The Morgan fingerprint density at radius 2 is 2.00 bits per heavy atom. The Morgan fingerprint density at radius 1 is 1.26 bits per heavy atom. The molecule has 0 aliphatic carbocycles. The number of hydrogen-bond acceptors (Lipinski definition) is 10. The van der Waals surface area contributed by atoms with Crippen molar-refractivity contribution in [1.29, 1.82) is 0 Å². The summed E-state index contributed by atoms with van der Waals surface area (Å²) in [6.45, 7) is 5.93. The van der Waals surface area contributed by atoms with Gasteiger partial charge in [-0.15, -0.1) is 0 Å². The lowest BCUT2D eigenvalue weighted by Gasteiger charge is -2.45. The second kappa shape index (κ2) is 10.1. The van der Waals surface area contributed by atoms with Crippen LogP contribution >= 0.6 is 0 Å². The van der Waals surface area contributed by atoms with Crippen LogP contribution in [0.5, 0.6) is 0 Å². The van der Waals surface area contributed by atoms with E-state index in [1.807, 2.05) is 0 Å². The van der Waals surface area contributed by atoms with Crippen molar-refractivity contribution >= 4 is 35.6 Å². The minimum absolute atomic E-state index is 0.0773. The van der Waals surface area contributed by atoms with E-state index in [1.54, 1.807) is 12.1 Å². The number of rotatable bonds is 6. The number of piperazine rings is 1. The van der Waals surface area contributed by atoms with Gasteiger partial charge in [0.15, 0.2) is 5.82 Å². The van der Waals surface area contributed by atoms with Crippen LogP contribution in [-0.4, -0.2) is 81.5 Å². The van der Waals surface area contributed by atoms with Crippen LogP contribution in [0.4, 0.5) is 22.9 Å². The third kappa shape index (κ3) is 5.07. The highest BCUT2D eigenvalue weighted by Crippen LogP contribution is 2.34. The zero-order chi connectivity index (χ0) is 24.4. The molecule has 1 aromatic carbocycles. The number of aromatic nitrogens is 2. The van der Waals surface area contributed by atoms with Crippen LogP contribution in [0, 0.1) is 10.1 Å². The summed E-state index contributed by atoms with van der Waals surface area (Å²) in [5.74, 6) is -0.159. The van der Waals surface area contributed by atoms with Gasteiger partial charge in [0.25, 0.3) is 11.2 Å². The van der Waals surface area contributed by atoms with Gasteiger partial charge in [-0.25, -0.2) is 4.98 Å². The van der Waals surface area contributed by atoms with E-state index < -0.39 is 17.6 Å². The number of benzene rings is 1. The summed E-state index contributed by atoms with van der Waals surface area (Å²) in [6, 6.07) is 5.28. The summed E-state index contributed by atoms with van der Waals surface area (Å²) in [5.41, 5.74) is 0.126. The van der Waals surface area contributed by atoms with Crippen molar-refractivity contribution < 1.29 is 19.7 Å². The maximum absolute atomic E-state index is 12.4. The highest BCUT2D eigenvalue weighted by Gasteiger charge is 2.32. The molecule has 0 bridgehead atoms. The zero-order valence-electron chi connectivity index (χ0n) is 19.3. The number of hydrogen-bond donors (Lipinski definition) is 3. The Hall–Kier alpha value is -3.00. The van der Waals surface area contributed by atoms with Gasteiger partial charge in [0.05, 0.1) is 10.5 Å². The van der Waals surface area contributed by atoms with Gasteiger partial charge in [0.1, 0.15) is 5.69 Å². The fourth-order valence-electron chi connectivity index (χ4n) is 4.69. The molecular weight excluding hydrogens is 443 g/mol. The molecule has 2 aliphatic heterocycles. The summed E-state index contributed by atoms with van der Waals surface area (Å²) < 4.78 is 6.63. The number of nitrogens with one attached hydrogen (secondary N) is 1. The molecule has 0 unspecified atom stereocenters. The number of aryl methyl sites for hydroxylation is 1. The van der Waals surface area contributed by atoms with E-state index in [9.17, 15) is 25.0 Å². The maximum atomic E-state index is 12.4. The number of nitrogens with zero attached hydrogens (tertiary/aromatic N) is 5. The van der Waals surface area contributed by atoms with Crippen LogP contribution < -0.4 is 21.4 Å². The average molecular weight is 472 g/mol. The lowest BCUT2D eigenvalue weighted by molar-refractivity contribution is -0.384. The Morgan fingerprint density at radius 3 is 2.65 bits per heavy atom. The Labute approximate surface area is 197 Å². The Kier molecular flexibility index (Phi) is 7.17. The van der Waals surface area contributed by atoms with Gasteiger partial charge in [-0.3, -0.25) is 19.8 Å². The summed E-state index contributed by atoms with van der Waals surface area (Å²) >= 11 is 0. The van der Waals surface area contributed by atoms with Gasteiger partial charge >= 0.3 is 7.12 Å². The second-order valence-corrected chi connectivity index (χ2v) is 8.77. The summed E-state index contributed by atoms with van der Waals surface area (Å²) in [4.78, 5) is 32.4. The molecule has 2 aliphatic rings. The van der Waals surface area contributed by atoms with E-state index in [0.29, 0.717) is 24.0 Å². The minimum Gasteiger partial charge on any atom is -0.422 e. The van der Waals surface area contributed by atoms with E-state index in [4.69, 9.17) is 4.74 Å². The SMILES string of the molecule is C[C@H]1CN(C2CCOCC2)CCN1c1ccc(Nc2nc(B(O)O)cn(C)c2=O)cc1[N+](=O)[O-]. The van der Waals surface area contributed by atoms with Crippen molar-refractivity contribution in [2.75, 3.05) is 43.1 Å². The predicted molar refractivity (Wildman–Crippen MR) is 128 cm³/mol. The summed E-state index contributed by atoms with van der Waals surface area (Å²) in [7, 11) is -0.404. The molecular formula is C21H29BN6O6. The van der Waals surface area contributed by atoms with Crippen LogP contribution in [-0.2, 0) is 11.8 Å². The monoisotopic (exact) mass is 472 g/mol. The highest BCUT2D eigenvalue weighted by molar-refractivity contribution is 6.57. The molecule has 1 atom stereocenters. The van der Waals surface area contributed by atoms with Crippen molar-refractivity contribution in [2.24, 2.45) is 7.05 Å². The summed E-state index contributed by atoms with van der Waals surface area (Å²) in [5, 5.41) is 33.5. The van der Waals surface area contributed by atoms with E-state index in [-0.39, 0.29) is 23.1 Å². The molecule has 182 valence electrons. The molecule has 2 saturated heterocycles. The van der Waals surface area contributed by atoms with Gasteiger partial charge < -0.3 is 29.6 Å². The summed E-state index contributed by atoms with van der Waals surface area (Å²) in [6.07, 6.45) is 3.23. The molecule has 1 aromatic heterocycles. The lowest BCUT2D eigenvalue weighted by Crippen LogP contribution is -2.56. The molecule has 13 heteroatoms. The van der Waals surface area contributed by atoms with Crippen LogP contribution in [0.15, 0.2) is 29.2 Å². The van der Waals surface area contributed by atoms with Crippen LogP contribution in [0.3, 0.4) is 0 Å². The molecule has 0 amide bonds.